The number of benzene rings is 2. The third-order valence-electron chi connectivity index (χ3n) is 5.59. The summed E-state index contributed by atoms with van der Waals surface area (Å²) in [6, 6.07) is 17.5. The first-order chi connectivity index (χ1) is 15.1. The smallest absolute Gasteiger partial charge is 0.241 e. The first-order valence-corrected chi connectivity index (χ1v) is 10.6. The molecule has 2 aromatic carbocycles. The minimum absolute atomic E-state index is 0.0223. The molecule has 4 rings (SSSR count). The number of aryl methyl sites for hydroxylation is 1. The fourth-order valence-electron chi connectivity index (χ4n) is 3.73. The van der Waals surface area contributed by atoms with Gasteiger partial charge in [0.25, 0.3) is 0 Å². The van der Waals surface area contributed by atoms with Crippen molar-refractivity contribution in [2.75, 3.05) is 19.6 Å². The summed E-state index contributed by atoms with van der Waals surface area (Å²) in [5, 5.41) is 6.84. The monoisotopic (exact) mass is 418 g/mol. The van der Waals surface area contributed by atoms with Crippen molar-refractivity contribution in [3.05, 3.63) is 71.6 Å². The zero-order valence-electron chi connectivity index (χ0n) is 17.6. The lowest BCUT2D eigenvalue weighted by Gasteiger charge is -2.30. The van der Waals surface area contributed by atoms with E-state index in [9.17, 15) is 9.59 Å². The Labute approximate surface area is 181 Å². The van der Waals surface area contributed by atoms with Gasteiger partial charge >= 0.3 is 0 Å². The highest BCUT2D eigenvalue weighted by Gasteiger charge is 2.27. The van der Waals surface area contributed by atoms with Crippen molar-refractivity contribution in [1.82, 2.24) is 20.4 Å². The lowest BCUT2D eigenvalue weighted by atomic mass is 9.96. The van der Waals surface area contributed by atoms with E-state index in [4.69, 9.17) is 4.52 Å². The summed E-state index contributed by atoms with van der Waals surface area (Å²) in [5.41, 5.74) is 3.04. The summed E-state index contributed by atoms with van der Waals surface area (Å²) >= 11 is 0. The Balaban J connectivity index is 1.24. The second-order valence-electron chi connectivity index (χ2n) is 7.92. The van der Waals surface area contributed by atoms with Crippen LogP contribution in [-0.4, -0.2) is 46.5 Å². The Morgan fingerprint density at radius 3 is 2.48 bits per heavy atom. The van der Waals surface area contributed by atoms with Crippen molar-refractivity contribution in [1.29, 1.82) is 0 Å². The molecule has 2 amide bonds. The number of aromatic nitrogens is 2. The Bertz CT molecular complexity index is 1020. The predicted octanol–water partition coefficient (Wildman–Crippen LogP) is 3.11. The van der Waals surface area contributed by atoms with Gasteiger partial charge in [-0.2, -0.15) is 4.98 Å². The van der Waals surface area contributed by atoms with Gasteiger partial charge in [0, 0.05) is 24.6 Å². The number of likely N-dealkylation sites (tertiary alicyclic amines) is 1. The van der Waals surface area contributed by atoms with Crippen molar-refractivity contribution in [2.45, 2.75) is 32.1 Å². The highest BCUT2D eigenvalue weighted by atomic mass is 16.5. The molecule has 7 nitrogen and oxygen atoms in total. The Hall–Kier alpha value is -3.48. The van der Waals surface area contributed by atoms with Gasteiger partial charge in [0.15, 0.2) is 0 Å². The standard InChI is InChI=1S/C24H26N4O3/c1-17-7-9-19(10-8-17)23-26-24(31-27-23)20-11-13-28(14-12-20)22(30)16-25-21(29)15-18-5-3-2-4-6-18/h2-10,20H,11-16H2,1H3,(H,25,29). The van der Waals surface area contributed by atoms with Crippen molar-refractivity contribution in [3.63, 3.8) is 0 Å². The highest BCUT2D eigenvalue weighted by Crippen LogP contribution is 2.28. The van der Waals surface area contributed by atoms with E-state index in [-0.39, 0.29) is 30.7 Å². The quantitative estimate of drug-likeness (QED) is 0.665. The first-order valence-electron chi connectivity index (χ1n) is 10.6. The number of amides is 2. The van der Waals surface area contributed by atoms with Crippen LogP contribution in [0.25, 0.3) is 11.4 Å². The van der Waals surface area contributed by atoms with Crippen molar-refractivity contribution in [2.24, 2.45) is 0 Å². The number of piperidine rings is 1. The molecule has 3 aromatic rings. The van der Waals surface area contributed by atoms with Gasteiger partial charge < -0.3 is 14.7 Å². The number of hydrogen-bond donors (Lipinski definition) is 1. The number of nitrogens with one attached hydrogen (secondary N) is 1. The Morgan fingerprint density at radius 1 is 1.06 bits per heavy atom. The average molecular weight is 418 g/mol. The summed E-state index contributed by atoms with van der Waals surface area (Å²) in [5.74, 6) is 1.14. The molecule has 1 N–H and O–H groups in total. The maximum Gasteiger partial charge on any atom is 0.241 e. The molecular formula is C24H26N4O3. The van der Waals surface area contributed by atoms with Gasteiger partial charge in [0.1, 0.15) is 0 Å². The van der Waals surface area contributed by atoms with E-state index in [2.05, 4.69) is 15.5 Å². The number of rotatable bonds is 6. The van der Waals surface area contributed by atoms with E-state index >= 15 is 0 Å². The van der Waals surface area contributed by atoms with Crippen molar-refractivity contribution < 1.29 is 14.1 Å². The van der Waals surface area contributed by atoms with Gasteiger partial charge in [-0.1, -0.05) is 65.3 Å². The summed E-state index contributed by atoms with van der Waals surface area (Å²) in [7, 11) is 0. The fraction of sp³-hybridized carbons (Fsp3) is 0.333. The summed E-state index contributed by atoms with van der Waals surface area (Å²) in [6.07, 6.45) is 1.80. The van der Waals surface area contributed by atoms with E-state index < -0.39 is 0 Å². The molecule has 7 heteroatoms. The van der Waals surface area contributed by atoms with Crippen LogP contribution in [0.1, 0.15) is 35.8 Å². The normalized spacial score (nSPS) is 14.4. The Kier molecular flexibility index (Phi) is 6.40. The van der Waals surface area contributed by atoms with E-state index in [0.717, 1.165) is 24.0 Å². The van der Waals surface area contributed by atoms with Crippen LogP contribution in [0.4, 0.5) is 0 Å². The summed E-state index contributed by atoms with van der Waals surface area (Å²) in [6.45, 7) is 3.28. The predicted molar refractivity (Wildman–Crippen MR) is 116 cm³/mol. The second-order valence-corrected chi connectivity index (χ2v) is 7.92. The largest absolute Gasteiger partial charge is 0.347 e. The molecule has 0 aliphatic carbocycles. The van der Waals surface area contributed by atoms with E-state index in [1.807, 2.05) is 61.5 Å². The molecule has 1 aliphatic heterocycles. The molecule has 31 heavy (non-hydrogen) atoms. The van der Waals surface area contributed by atoms with Crippen LogP contribution >= 0.6 is 0 Å². The van der Waals surface area contributed by atoms with Gasteiger partial charge in [-0.25, -0.2) is 0 Å². The molecule has 0 atom stereocenters. The topological polar surface area (TPSA) is 88.3 Å². The summed E-state index contributed by atoms with van der Waals surface area (Å²) < 4.78 is 5.50. The van der Waals surface area contributed by atoms with E-state index in [0.29, 0.717) is 24.8 Å². The fourth-order valence-corrected chi connectivity index (χ4v) is 3.73. The van der Waals surface area contributed by atoms with Gasteiger partial charge in [0.2, 0.25) is 23.5 Å². The maximum absolute atomic E-state index is 12.5. The van der Waals surface area contributed by atoms with Crippen molar-refractivity contribution in [3.8, 4) is 11.4 Å². The van der Waals surface area contributed by atoms with E-state index in [1.165, 1.54) is 5.56 Å². The molecule has 1 saturated heterocycles. The lowest BCUT2D eigenvalue weighted by molar-refractivity contribution is -0.133. The first kappa shape index (κ1) is 20.8. The van der Waals surface area contributed by atoms with Crippen LogP contribution in [0.3, 0.4) is 0 Å². The molecule has 1 aromatic heterocycles. The van der Waals surface area contributed by atoms with Crippen LogP contribution in [-0.2, 0) is 16.0 Å². The molecule has 0 unspecified atom stereocenters. The molecule has 2 heterocycles. The van der Waals surface area contributed by atoms with Gasteiger partial charge in [-0.3, -0.25) is 9.59 Å². The van der Waals surface area contributed by atoms with Crippen LogP contribution in [0, 0.1) is 6.92 Å². The second kappa shape index (κ2) is 9.55. The minimum Gasteiger partial charge on any atom is -0.347 e. The molecular weight excluding hydrogens is 392 g/mol. The minimum atomic E-state index is -0.149. The summed E-state index contributed by atoms with van der Waals surface area (Å²) in [4.78, 5) is 30.9. The maximum atomic E-state index is 12.5. The molecule has 0 spiro atoms. The van der Waals surface area contributed by atoms with Gasteiger partial charge in [0.05, 0.1) is 13.0 Å². The molecule has 0 radical (unpaired) electrons. The SMILES string of the molecule is Cc1ccc(-c2noc(C3CCN(C(=O)CNC(=O)Cc4ccccc4)CC3)n2)cc1. The molecule has 160 valence electrons. The van der Waals surface area contributed by atoms with E-state index in [1.54, 1.807) is 4.90 Å². The number of hydrogen-bond acceptors (Lipinski definition) is 5. The molecule has 1 aliphatic rings. The molecule has 1 fully saturated rings. The third-order valence-corrected chi connectivity index (χ3v) is 5.59. The molecule has 0 bridgehead atoms. The van der Waals surface area contributed by atoms with Crippen LogP contribution in [0.2, 0.25) is 0 Å². The average Bonchev–Trinajstić information content (AvgIpc) is 3.29. The van der Waals surface area contributed by atoms with Gasteiger partial charge in [-0.15, -0.1) is 0 Å². The number of nitrogens with zero attached hydrogens (tertiary/aromatic N) is 3. The van der Waals surface area contributed by atoms with Gasteiger partial charge in [-0.05, 0) is 25.3 Å². The Morgan fingerprint density at radius 2 is 1.77 bits per heavy atom. The van der Waals surface area contributed by atoms with Crippen LogP contribution in [0.15, 0.2) is 59.1 Å². The zero-order valence-corrected chi connectivity index (χ0v) is 17.6. The van der Waals surface area contributed by atoms with Crippen molar-refractivity contribution >= 4 is 11.8 Å². The van der Waals surface area contributed by atoms with Crippen LogP contribution < -0.4 is 5.32 Å². The lowest BCUT2D eigenvalue weighted by Crippen LogP contribution is -2.44. The zero-order chi connectivity index (χ0) is 21.6. The number of carbonyl (C=O) groups excluding carboxylic acids is 2. The highest BCUT2D eigenvalue weighted by molar-refractivity contribution is 5.85. The third kappa shape index (κ3) is 5.36. The molecule has 0 saturated carbocycles. The number of carbonyl (C=O) groups is 2. The van der Waals surface area contributed by atoms with Crippen LogP contribution in [0.5, 0.6) is 0 Å².